The van der Waals surface area contributed by atoms with Gasteiger partial charge < -0.3 is 4.90 Å². The van der Waals surface area contributed by atoms with E-state index in [1.54, 1.807) is 0 Å². The standard InChI is InChI=1S/C9H18N2O/c1-2-9(7-10-12)8-11-5-3-4-6-11/h9H,2-8H2,1H3. The van der Waals surface area contributed by atoms with Crippen LogP contribution in [0, 0.1) is 10.8 Å². The Kier molecular flexibility index (Phi) is 4.22. The van der Waals surface area contributed by atoms with Crippen LogP contribution in [0.5, 0.6) is 0 Å². The maximum Gasteiger partial charge on any atom is 0.0851 e. The van der Waals surface area contributed by atoms with Gasteiger partial charge in [-0.25, -0.2) is 0 Å². The summed E-state index contributed by atoms with van der Waals surface area (Å²) in [7, 11) is 0. The van der Waals surface area contributed by atoms with Crippen LogP contribution in [-0.4, -0.2) is 31.1 Å². The SMILES string of the molecule is CCC(CN=O)CN1CCCC1. The maximum absolute atomic E-state index is 10.1. The highest BCUT2D eigenvalue weighted by Crippen LogP contribution is 2.12. The quantitative estimate of drug-likeness (QED) is 0.590. The lowest BCUT2D eigenvalue weighted by Crippen LogP contribution is -2.27. The van der Waals surface area contributed by atoms with Gasteiger partial charge in [-0.1, -0.05) is 18.5 Å². The molecule has 0 N–H and O–H groups in total. The van der Waals surface area contributed by atoms with E-state index in [4.69, 9.17) is 0 Å². The van der Waals surface area contributed by atoms with E-state index in [0.717, 1.165) is 13.0 Å². The monoisotopic (exact) mass is 170 g/mol. The minimum atomic E-state index is 0.487. The zero-order valence-electron chi connectivity index (χ0n) is 7.83. The summed E-state index contributed by atoms with van der Waals surface area (Å²) in [5.74, 6) is 0.487. The van der Waals surface area contributed by atoms with Gasteiger partial charge in [0.25, 0.3) is 0 Å². The molecule has 0 spiro atoms. The molecule has 1 fully saturated rings. The van der Waals surface area contributed by atoms with E-state index >= 15 is 0 Å². The van der Waals surface area contributed by atoms with Gasteiger partial charge in [0.2, 0.25) is 0 Å². The summed E-state index contributed by atoms with van der Waals surface area (Å²) in [6, 6.07) is 0. The minimum absolute atomic E-state index is 0.487. The van der Waals surface area contributed by atoms with Crippen molar-refractivity contribution in [3.8, 4) is 0 Å². The number of rotatable bonds is 5. The van der Waals surface area contributed by atoms with Crippen LogP contribution in [0.2, 0.25) is 0 Å². The van der Waals surface area contributed by atoms with Crippen LogP contribution in [0.25, 0.3) is 0 Å². The number of hydrogen-bond donors (Lipinski definition) is 0. The fraction of sp³-hybridized carbons (Fsp3) is 1.00. The summed E-state index contributed by atoms with van der Waals surface area (Å²) in [6.45, 7) is 6.13. The van der Waals surface area contributed by atoms with Gasteiger partial charge in [0.05, 0.1) is 6.54 Å². The Morgan fingerprint density at radius 2 is 2.08 bits per heavy atom. The molecule has 70 valence electrons. The first-order valence-corrected chi connectivity index (χ1v) is 4.88. The molecule has 1 unspecified atom stereocenters. The summed E-state index contributed by atoms with van der Waals surface area (Å²) < 4.78 is 0. The van der Waals surface area contributed by atoms with Crippen LogP contribution in [0.4, 0.5) is 0 Å². The van der Waals surface area contributed by atoms with Crippen LogP contribution < -0.4 is 0 Å². The van der Waals surface area contributed by atoms with Crippen molar-refractivity contribution in [2.75, 3.05) is 26.2 Å². The first-order chi connectivity index (χ1) is 5.86. The number of hydrogen-bond acceptors (Lipinski definition) is 3. The predicted octanol–water partition coefficient (Wildman–Crippen LogP) is 1.87. The van der Waals surface area contributed by atoms with E-state index < -0.39 is 0 Å². The van der Waals surface area contributed by atoms with Gasteiger partial charge in [0, 0.05) is 6.54 Å². The maximum atomic E-state index is 10.1. The Morgan fingerprint density at radius 3 is 2.58 bits per heavy atom. The van der Waals surface area contributed by atoms with Crippen molar-refractivity contribution in [2.45, 2.75) is 26.2 Å². The number of nitrogens with zero attached hydrogens (tertiary/aromatic N) is 2. The Balaban J connectivity index is 2.20. The Bertz CT molecular complexity index is 132. The van der Waals surface area contributed by atoms with Gasteiger partial charge in [0.15, 0.2) is 0 Å². The fourth-order valence-electron chi connectivity index (χ4n) is 1.75. The third-order valence-electron chi connectivity index (χ3n) is 2.63. The van der Waals surface area contributed by atoms with E-state index in [2.05, 4.69) is 17.0 Å². The van der Waals surface area contributed by atoms with Crippen LogP contribution in [0.3, 0.4) is 0 Å². The molecule has 0 amide bonds. The van der Waals surface area contributed by atoms with Crippen LogP contribution >= 0.6 is 0 Å². The molecule has 0 radical (unpaired) electrons. The van der Waals surface area contributed by atoms with E-state index in [-0.39, 0.29) is 0 Å². The van der Waals surface area contributed by atoms with Gasteiger partial charge in [0.1, 0.15) is 0 Å². The summed E-state index contributed by atoms with van der Waals surface area (Å²) >= 11 is 0. The largest absolute Gasteiger partial charge is 0.303 e. The van der Waals surface area contributed by atoms with Crippen molar-refractivity contribution < 1.29 is 0 Å². The van der Waals surface area contributed by atoms with Gasteiger partial charge in [-0.3, -0.25) is 0 Å². The zero-order valence-corrected chi connectivity index (χ0v) is 7.83. The molecule has 3 nitrogen and oxygen atoms in total. The molecule has 0 saturated carbocycles. The highest BCUT2D eigenvalue weighted by atomic mass is 16.3. The second-order valence-corrected chi connectivity index (χ2v) is 3.59. The molecule has 0 aromatic rings. The average molecular weight is 170 g/mol. The molecule has 1 heterocycles. The first kappa shape index (κ1) is 9.65. The second kappa shape index (κ2) is 5.25. The van der Waals surface area contributed by atoms with Crippen molar-refractivity contribution >= 4 is 0 Å². The van der Waals surface area contributed by atoms with Crippen LogP contribution in [-0.2, 0) is 0 Å². The molecule has 0 bridgehead atoms. The molecular formula is C9H18N2O. The third-order valence-corrected chi connectivity index (χ3v) is 2.63. The fourth-order valence-corrected chi connectivity index (χ4v) is 1.75. The molecular weight excluding hydrogens is 152 g/mol. The molecule has 12 heavy (non-hydrogen) atoms. The topological polar surface area (TPSA) is 32.7 Å². The number of nitroso groups, excluding NO2 is 1. The smallest absolute Gasteiger partial charge is 0.0851 e. The zero-order chi connectivity index (χ0) is 8.81. The molecule has 3 heteroatoms. The van der Waals surface area contributed by atoms with E-state index in [0.29, 0.717) is 12.5 Å². The molecule has 1 aliphatic rings. The van der Waals surface area contributed by atoms with Crippen LogP contribution in [0.1, 0.15) is 26.2 Å². The predicted molar refractivity (Wildman–Crippen MR) is 50.1 cm³/mol. The highest BCUT2D eigenvalue weighted by molar-refractivity contribution is 4.71. The highest BCUT2D eigenvalue weighted by Gasteiger charge is 2.16. The van der Waals surface area contributed by atoms with E-state index in [1.807, 2.05) is 0 Å². The summed E-state index contributed by atoms with van der Waals surface area (Å²) in [5, 5.41) is 2.97. The molecule has 1 atom stereocenters. The molecule has 0 aliphatic carbocycles. The summed E-state index contributed by atoms with van der Waals surface area (Å²) in [5.41, 5.74) is 0. The van der Waals surface area contributed by atoms with Crippen molar-refractivity contribution in [3.05, 3.63) is 4.91 Å². The number of likely N-dealkylation sites (tertiary alicyclic amines) is 1. The van der Waals surface area contributed by atoms with Gasteiger partial charge in [-0.2, -0.15) is 4.91 Å². The summed E-state index contributed by atoms with van der Waals surface area (Å²) in [4.78, 5) is 12.5. The Morgan fingerprint density at radius 1 is 1.42 bits per heavy atom. The normalized spacial score (nSPS) is 21.1. The lowest BCUT2D eigenvalue weighted by atomic mass is 10.1. The lowest BCUT2D eigenvalue weighted by Gasteiger charge is -2.19. The Hall–Kier alpha value is -0.440. The van der Waals surface area contributed by atoms with Crippen molar-refractivity contribution in [1.29, 1.82) is 0 Å². The van der Waals surface area contributed by atoms with Crippen molar-refractivity contribution in [2.24, 2.45) is 11.1 Å². The summed E-state index contributed by atoms with van der Waals surface area (Å²) in [6.07, 6.45) is 3.72. The second-order valence-electron chi connectivity index (χ2n) is 3.59. The molecule has 1 saturated heterocycles. The van der Waals surface area contributed by atoms with Gasteiger partial charge >= 0.3 is 0 Å². The van der Waals surface area contributed by atoms with E-state index in [1.165, 1.54) is 25.9 Å². The molecule has 1 rings (SSSR count). The minimum Gasteiger partial charge on any atom is -0.303 e. The molecule has 0 aromatic heterocycles. The molecule has 0 aromatic carbocycles. The van der Waals surface area contributed by atoms with Crippen LogP contribution in [0.15, 0.2) is 5.18 Å². The molecule has 1 aliphatic heterocycles. The van der Waals surface area contributed by atoms with Crippen molar-refractivity contribution in [1.82, 2.24) is 4.90 Å². The lowest BCUT2D eigenvalue weighted by molar-refractivity contribution is 0.276. The Labute approximate surface area is 74.1 Å². The van der Waals surface area contributed by atoms with Crippen molar-refractivity contribution in [3.63, 3.8) is 0 Å². The van der Waals surface area contributed by atoms with E-state index in [9.17, 15) is 4.91 Å². The third kappa shape index (κ3) is 2.89. The van der Waals surface area contributed by atoms with Gasteiger partial charge in [-0.05, 0) is 31.8 Å². The van der Waals surface area contributed by atoms with Gasteiger partial charge in [-0.15, -0.1) is 0 Å². The average Bonchev–Trinajstić information content (AvgIpc) is 2.56. The first-order valence-electron chi connectivity index (χ1n) is 4.88.